The summed E-state index contributed by atoms with van der Waals surface area (Å²) in [7, 11) is 0. The fourth-order valence-corrected chi connectivity index (χ4v) is 3.13. The third-order valence-corrected chi connectivity index (χ3v) is 5.66. The molecule has 1 aromatic carbocycles. The normalized spacial score (nSPS) is 13.6. The van der Waals surface area contributed by atoms with Crippen molar-refractivity contribution in [2.45, 2.75) is 42.8 Å². The topological polar surface area (TPSA) is 98.4 Å². The summed E-state index contributed by atoms with van der Waals surface area (Å²) in [5, 5.41) is 15.7. The quantitative estimate of drug-likeness (QED) is 0.764. The molecule has 0 radical (unpaired) electrons. The number of carbonyl (C=O) groups is 1. The van der Waals surface area contributed by atoms with E-state index >= 15 is 0 Å². The summed E-state index contributed by atoms with van der Waals surface area (Å²) in [6.07, 6.45) is 0. The first-order valence-electron chi connectivity index (χ1n) is 7.65. The van der Waals surface area contributed by atoms with E-state index in [9.17, 15) is 18.8 Å². The maximum Gasteiger partial charge on any atom is 0.281 e. The summed E-state index contributed by atoms with van der Waals surface area (Å²) in [5.41, 5.74) is -0.636. The van der Waals surface area contributed by atoms with Gasteiger partial charge in [0.25, 0.3) is 5.91 Å². The number of benzene rings is 1. The average molecular weight is 368 g/mol. The first kappa shape index (κ1) is 19.4. The van der Waals surface area contributed by atoms with E-state index < -0.39 is 33.1 Å². The van der Waals surface area contributed by atoms with Crippen LogP contribution < -0.4 is 5.32 Å². The highest BCUT2D eigenvalue weighted by atomic mass is 32.2. The van der Waals surface area contributed by atoms with E-state index in [0.29, 0.717) is 10.7 Å². The second-order valence-electron chi connectivity index (χ2n) is 6.81. The van der Waals surface area contributed by atoms with Crippen molar-refractivity contribution in [2.24, 2.45) is 0 Å². The summed E-state index contributed by atoms with van der Waals surface area (Å²) >= 11 is -1.69. The van der Waals surface area contributed by atoms with Gasteiger partial charge in [-0.3, -0.25) is 4.79 Å². The Labute approximate surface area is 148 Å². The SMILES string of the molecule is CC(C)(CO)c1cc(NC(=O)C(C)(C)[S+]([O-])c2ccc(F)cc2)no1. The number of rotatable bonds is 6. The van der Waals surface area contributed by atoms with Gasteiger partial charge < -0.3 is 19.5 Å². The van der Waals surface area contributed by atoms with Crippen molar-refractivity contribution in [3.63, 3.8) is 0 Å². The third kappa shape index (κ3) is 4.20. The van der Waals surface area contributed by atoms with E-state index in [1.54, 1.807) is 13.8 Å². The zero-order valence-corrected chi connectivity index (χ0v) is 15.3. The molecule has 6 nitrogen and oxygen atoms in total. The number of nitrogens with one attached hydrogen (secondary N) is 1. The maximum absolute atomic E-state index is 13.0. The smallest absolute Gasteiger partial charge is 0.281 e. The van der Waals surface area contributed by atoms with Gasteiger partial charge in [-0.1, -0.05) is 19.0 Å². The standard InChI is InChI=1S/C17H21FN2O4S/c1-16(2,10-21)13-9-14(20-24-13)19-15(22)17(3,4)25(23)12-7-5-11(18)6-8-12/h5-9,21H,10H2,1-4H3,(H,19,20,22). The number of nitrogens with zero attached hydrogens (tertiary/aromatic N) is 1. The Bertz CT molecular complexity index is 743. The van der Waals surface area contributed by atoms with Gasteiger partial charge in [-0.05, 0) is 38.1 Å². The van der Waals surface area contributed by atoms with Gasteiger partial charge in [0, 0.05) is 22.7 Å². The van der Waals surface area contributed by atoms with Gasteiger partial charge in [0.2, 0.25) is 4.75 Å². The van der Waals surface area contributed by atoms with Crippen LogP contribution >= 0.6 is 0 Å². The lowest BCUT2D eigenvalue weighted by molar-refractivity contribution is -0.117. The molecular weight excluding hydrogens is 347 g/mol. The highest BCUT2D eigenvalue weighted by Crippen LogP contribution is 2.28. The number of aliphatic hydroxyl groups is 1. The lowest BCUT2D eigenvalue weighted by atomic mass is 9.92. The molecule has 1 amide bonds. The fourth-order valence-electron chi connectivity index (χ4n) is 1.93. The van der Waals surface area contributed by atoms with Crippen LogP contribution in [0.1, 0.15) is 33.5 Å². The highest BCUT2D eigenvalue weighted by molar-refractivity contribution is 7.93. The predicted octanol–water partition coefficient (Wildman–Crippen LogP) is 2.61. The van der Waals surface area contributed by atoms with Crippen LogP contribution in [0.4, 0.5) is 10.2 Å². The number of aliphatic hydroxyl groups excluding tert-OH is 1. The van der Waals surface area contributed by atoms with E-state index in [-0.39, 0.29) is 12.4 Å². The summed E-state index contributed by atoms with van der Waals surface area (Å²) in [5.74, 6) is -0.366. The molecule has 2 aromatic rings. The Morgan fingerprint density at radius 2 is 1.92 bits per heavy atom. The van der Waals surface area contributed by atoms with Gasteiger partial charge in [-0.15, -0.1) is 0 Å². The number of halogens is 1. The molecule has 0 saturated carbocycles. The molecule has 2 rings (SSSR count). The van der Waals surface area contributed by atoms with Gasteiger partial charge >= 0.3 is 0 Å². The molecule has 0 spiro atoms. The van der Waals surface area contributed by atoms with Crippen LogP contribution in [-0.2, 0) is 21.4 Å². The summed E-state index contributed by atoms with van der Waals surface area (Å²) < 4.78 is 29.6. The molecule has 0 bridgehead atoms. The minimum Gasteiger partial charge on any atom is -0.611 e. The summed E-state index contributed by atoms with van der Waals surface area (Å²) in [6.45, 7) is 6.45. The molecule has 1 atom stereocenters. The van der Waals surface area contributed by atoms with Crippen molar-refractivity contribution in [2.75, 3.05) is 11.9 Å². The third-order valence-electron chi connectivity index (χ3n) is 3.85. The Balaban J connectivity index is 2.14. The molecule has 0 aliphatic rings. The second kappa shape index (κ2) is 7.15. The van der Waals surface area contributed by atoms with Crippen molar-refractivity contribution in [1.82, 2.24) is 5.16 Å². The number of amides is 1. The maximum atomic E-state index is 13.0. The van der Waals surface area contributed by atoms with Crippen LogP contribution in [0.2, 0.25) is 0 Å². The molecule has 1 heterocycles. The summed E-state index contributed by atoms with van der Waals surface area (Å²) in [4.78, 5) is 12.9. The van der Waals surface area contributed by atoms with E-state index in [1.807, 2.05) is 0 Å². The second-order valence-corrected chi connectivity index (χ2v) is 8.83. The molecular formula is C17H21FN2O4S. The number of anilines is 1. The van der Waals surface area contributed by atoms with E-state index in [2.05, 4.69) is 10.5 Å². The van der Waals surface area contributed by atoms with Crippen LogP contribution in [0.3, 0.4) is 0 Å². The van der Waals surface area contributed by atoms with Gasteiger partial charge in [0.05, 0.1) is 6.61 Å². The Morgan fingerprint density at radius 1 is 1.32 bits per heavy atom. The lowest BCUT2D eigenvalue weighted by Crippen LogP contribution is -2.44. The molecule has 136 valence electrons. The van der Waals surface area contributed by atoms with Gasteiger partial charge in [-0.25, -0.2) is 4.39 Å². The number of hydrogen-bond acceptors (Lipinski definition) is 5. The molecule has 2 N–H and O–H groups in total. The number of hydrogen-bond donors (Lipinski definition) is 2. The summed E-state index contributed by atoms with van der Waals surface area (Å²) in [6, 6.07) is 6.69. The Morgan fingerprint density at radius 3 is 2.48 bits per heavy atom. The molecule has 0 aliphatic heterocycles. The first-order chi connectivity index (χ1) is 11.6. The van der Waals surface area contributed by atoms with Crippen LogP contribution in [0, 0.1) is 5.82 Å². The van der Waals surface area contributed by atoms with Crippen molar-refractivity contribution in [1.29, 1.82) is 0 Å². The molecule has 1 unspecified atom stereocenters. The average Bonchev–Trinajstić information content (AvgIpc) is 3.04. The van der Waals surface area contributed by atoms with E-state index in [1.165, 1.54) is 44.2 Å². The molecule has 1 aromatic heterocycles. The van der Waals surface area contributed by atoms with Crippen molar-refractivity contribution < 1.29 is 23.4 Å². The minimum atomic E-state index is -1.69. The van der Waals surface area contributed by atoms with Crippen molar-refractivity contribution >= 4 is 22.9 Å². The molecule has 0 fully saturated rings. The van der Waals surface area contributed by atoms with Crippen LogP contribution in [-0.4, -0.2) is 32.1 Å². The monoisotopic (exact) mass is 368 g/mol. The molecule has 8 heteroatoms. The Kier molecular flexibility index (Phi) is 5.55. The van der Waals surface area contributed by atoms with Crippen molar-refractivity contribution in [3.8, 4) is 0 Å². The number of carbonyl (C=O) groups excluding carboxylic acids is 1. The largest absolute Gasteiger partial charge is 0.611 e. The van der Waals surface area contributed by atoms with Crippen LogP contribution in [0.15, 0.2) is 39.8 Å². The lowest BCUT2D eigenvalue weighted by Gasteiger charge is -2.26. The minimum absolute atomic E-state index is 0.143. The molecule has 25 heavy (non-hydrogen) atoms. The highest BCUT2D eigenvalue weighted by Gasteiger charge is 2.42. The van der Waals surface area contributed by atoms with Gasteiger partial charge in [-0.2, -0.15) is 0 Å². The Hall–Kier alpha value is -1.90. The van der Waals surface area contributed by atoms with Crippen molar-refractivity contribution in [3.05, 3.63) is 41.9 Å². The zero-order chi connectivity index (χ0) is 18.8. The molecule has 0 saturated heterocycles. The van der Waals surface area contributed by atoms with Crippen LogP contribution in [0.5, 0.6) is 0 Å². The van der Waals surface area contributed by atoms with E-state index in [4.69, 9.17) is 4.52 Å². The molecule has 0 aliphatic carbocycles. The number of aromatic nitrogens is 1. The van der Waals surface area contributed by atoms with Gasteiger partial charge in [0.15, 0.2) is 10.7 Å². The van der Waals surface area contributed by atoms with Gasteiger partial charge in [0.1, 0.15) is 11.6 Å². The zero-order valence-electron chi connectivity index (χ0n) is 14.5. The predicted molar refractivity (Wildman–Crippen MR) is 92.1 cm³/mol. The first-order valence-corrected chi connectivity index (χ1v) is 8.80. The van der Waals surface area contributed by atoms with E-state index in [0.717, 1.165) is 0 Å². The van der Waals surface area contributed by atoms with Crippen LogP contribution in [0.25, 0.3) is 0 Å². The fraction of sp³-hybridized carbons (Fsp3) is 0.412.